The molecule has 2 unspecified atom stereocenters. The van der Waals surface area contributed by atoms with Crippen molar-refractivity contribution in [2.45, 2.75) is 64.6 Å². The van der Waals surface area contributed by atoms with Gasteiger partial charge in [-0.25, -0.2) is 0 Å². The molecule has 0 aliphatic carbocycles. The van der Waals surface area contributed by atoms with Gasteiger partial charge in [-0.1, -0.05) is 46.7 Å². The normalized spacial score (nSPS) is 15.0. The molecular formula is C17H27N3O3. The van der Waals surface area contributed by atoms with Gasteiger partial charge in [0.25, 0.3) is 0 Å². The van der Waals surface area contributed by atoms with Crippen LogP contribution in [0.25, 0.3) is 10.4 Å². The molecule has 1 aromatic rings. The molecule has 128 valence electrons. The van der Waals surface area contributed by atoms with Gasteiger partial charge in [0.15, 0.2) is 0 Å². The molecule has 1 rings (SSSR count). The fourth-order valence-corrected chi connectivity index (χ4v) is 2.41. The minimum Gasteiger partial charge on any atom is -0.507 e. The number of aliphatic hydroxyl groups excluding tert-OH is 2. The Labute approximate surface area is 137 Å². The lowest BCUT2D eigenvalue weighted by Crippen LogP contribution is -2.24. The van der Waals surface area contributed by atoms with Crippen LogP contribution in [0.15, 0.2) is 17.2 Å². The molecular weight excluding hydrogens is 294 g/mol. The van der Waals surface area contributed by atoms with Crippen LogP contribution >= 0.6 is 0 Å². The zero-order chi connectivity index (χ0) is 18.0. The minimum absolute atomic E-state index is 0.213. The largest absolute Gasteiger partial charge is 0.507 e. The summed E-state index contributed by atoms with van der Waals surface area (Å²) in [6.07, 6.45) is -2.39. The Hall–Kier alpha value is -1.75. The van der Waals surface area contributed by atoms with Gasteiger partial charge in [-0.3, -0.25) is 0 Å². The number of rotatable bonds is 4. The highest BCUT2D eigenvalue weighted by Gasteiger charge is 2.29. The first-order valence-corrected chi connectivity index (χ1v) is 7.64. The molecule has 0 fully saturated rings. The number of nitrogens with zero attached hydrogens (tertiary/aromatic N) is 3. The number of phenols is 1. The number of hydrogen-bond donors (Lipinski definition) is 3. The van der Waals surface area contributed by atoms with E-state index in [0.717, 1.165) is 0 Å². The average molecular weight is 321 g/mol. The first kappa shape index (κ1) is 19.3. The van der Waals surface area contributed by atoms with E-state index in [0.29, 0.717) is 16.7 Å². The highest BCUT2D eigenvalue weighted by Crippen LogP contribution is 2.41. The van der Waals surface area contributed by atoms with Gasteiger partial charge in [0.2, 0.25) is 0 Å². The van der Waals surface area contributed by atoms with Crippen LogP contribution in [-0.2, 0) is 10.8 Å². The molecule has 0 saturated carbocycles. The summed E-state index contributed by atoms with van der Waals surface area (Å²) in [6, 6.07) is 3.41. The van der Waals surface area contributed by atoms with Crippen LogP contribution < -0.4 is 0 Å². The van der Waals surface area contributed by atoms with E-state index in [4.69, 9.17) is 5.53 Å². The van der Waals surface area contributed by atoms with Crippen LogP contribution in [0.2, 0.25) is 0 Å². The molecule has 0 aromatic heterocycles. The zero-order valence-electron chi connectivity index (χ0n) is 14.7. The van der Waals surface area contributed by atoms with Gasteiger partial charge in [-0.15, -0.1) is 0 Å². The van der Waals surface area contributed by atoms with Gasteiger partial charge in [-0.05, 0) is 45.2 Å². The maximum absolute atomic E-state index is 10.6. The molecule has 0 spiro atoms. The number of benzene rings is 1. The van der Waals surface area contributed by atoms with Crippen molar-refractivity contribution >= 4 is 0 Å². The first-order chi connectivity index (χ1) is 10.4. The predicted octanol–water partition coefficient (Wildman–Crippen LogP) is 3.69. The lowest BCUT2D eigenvalue weighted by atomic mass is 9.77. The van der Waals surface area contributed by atoms with Crippen molar-refractivity contribution in [3.63, 3.8) is 0 Å². The molecule has 0 aliphatic heterocycles. The molecule has 6 heteroatoms. The quantitative estimate of drug-likeness (QED) is 0.447. The van der Waals surface area contributed by atoms with Crippen molar-refractivity contribution in [2.24, 2.45) is 5.11 Å². The monoisotopic (exact) mass is 321 g/mol. The van der Waals surface area contributed by atoms with Crippen LogP contribution in [0.5, 0.6) is 5.75 Å². The zero-order valence-corrected chi connectivity index (χ0v) is 14.7. The summed E-state index contributed by atoms with van der Waals surface area (Å²) in [4.78, 5) is 2.59. The predicted molar refractivity (Wildman–Crippen MR) is 90.5 cm³/mol. The second-order valence-corrected chi connectivity index (χ2v) is 7.89. The van der Waals surface area contributed by atoms with Gasteiger partial charge in [-0.2, -0.15) is 0 Å². The standard InChI is InChI=1S/C17H27N3O3/c1-16(2,3)11-7-10(14(22)13(21)9-19-20-18)8-12(15(11)23)17(4,5)6/h7-8,13-14,21-23H,9H2,1-6H3. The van der Waals surface area contributed by atoms with E-state index in [1.165, 1.54) is 0 Å². The van der Waals surface area contributed by atoms with Crippen LogP contribution in [0.1, 0.15) is 64.3 Å². The number of aliphatic hydroxyl groups is 2. The molecule has 0 bridgehead atoms. The Kier molecular flexibility index (Phi) is 5.69. The van der Waals surface area contributed by atoms with Crippen LogP contribution in [0.4, 0.5) is 0 Å². The van der Waals surface area contributed by atoms with E-state index in [-0.39, 0.29) is 23.1 Å². The lowest BCUT2D eigenvalue weighted by Gasteiger charge is -2.29. The summed E-state index contributed by atoms with van der Waals surface area (Å²) in [6.45, 7) is 11.6. The van der Waals surface area contributed by atoms with Crippen molar-refractivity contribution in [3.8, 4) is 5.75 Å². The van der Waals surface area contributed by atoms with Crippen molar-refractivity contribution in [2.75, 3.05) is 6.54 Å². The average Bonchev–Trinajstić information content (AvgIpc) is 2.41. The van der Waals surface area contributed by atoms with Crippen molar-refractivity contribution < 1.29 is 15.3 Å². The summed E-state index contributed by atoms with van der Waals surface area (Å²) in [7, 11) is 0. The van der Waals surface area contributed by atoms with E-state index in [2.05, 4.69) is 10.0 Å². The van der Waals surface area contributed by atoms with Gasteiger partial charge in [0.1, 0.15) is 11.9 Å². The molecule has 3 N–H and O–H groups in total. The summed E-state index contributed by atoms with van der Waals surface area (Å²) >= 11 is 0. The molecule has 0 heterocycles. The van der Waals surface area contributed by atoms with Crippen LogP contribution in [0, 0.1) is 0 Å². The topological polar surface area (TPSA) is 109 Å². The maximum atomic E-state index is 10.6. The number of aromatic hydroxyl groups is 1. The first-order valence-electron chi connectivity index (χ1n) is 7.64. The van der Waals surface area contributed by atoms with Crippen molar-refractivity contribution in [3.05, 3.63) is 39.3 Å². The second-order valence-electron chi connectivity index (χ2n) is 7.89. The SMILES string of the molecule is CC(C)(C)c1cc(C(O)C(O)CN=[N+]=[N-])cc(C(C)(C)C)c1O. The Morgan fingerprint density at radius 2 is 1.48 bits per heavy atom. The van der Waals surface area contributed by atoms with Gasteiger partial charge in [0.05, 0.1) is 12.6 Å². The lowest BCUT2D eigenvalue weighted by molar-refractivity contribution is 0.0242. The molecule has 0 aliphatic rings. The molecule has 23 heavy (non-hydrogen) atoms. The van der Waals surface area contributed by atoms with Crippen molar-refractivity contribution in [1.82, 2.24) is 0 Å². The van der Waals surface area contributed by atoms with E-state index in [1.54, 1.807) is 12.1 Å². The third kappa shape index (κ3) is 4.61. The molecule has 2 atom stereocenters. The fraction of sp³-hybridized carbons (Fsp3) is 0.647. The molecule has 0 amide bonds. The van der Waals surface area contributed by atoms with Gasteiger partial charge >= 0.3 is 0 Å². The maximum Gasteiger partial charge on any atom is 0.123 e. The van der Waals surface area contributed by atoms with Gasteiger partial charge in [0, 0.05) is 4.91 Å². The van der Waals surface area contributed by atoms with E-state index in [9.17, 15) is 15.3 Å². The second kappa shape index (κ2) is 6.79. The Morgan fingerprint density at radius 1 is 1.04 bits per heavy atom. The molecule has 0 radical (unpaired) electrons. The summed E-state index contributed by atoms with van der Waals surface area (Å²) in [5, 5.41) is 34.3. The highest BCUT2D eigenvalue weighted by atomic mass is 16.3. The number of phenolic OH excluding ortho intramolecular Hbond substituents is 1. The smallest absolute Gasteiger partial charge is 0.123 e. The fourth-order valence-electron chi connectivity index (χ4n) is 2.41. The van der Waals surface area contributed by atoms with Crippen LogP contribution in [-0.4, -0.2) is 28.0 Å². The molecule has 0 saturated heterocycles. The Bertz CT molecular complexity index is 573. The summed E-state index contributed by atoms with van der Waals surface area (Å²) in [5.74, 6) is 0.213. The summed E-state index contributed by atoms with van der Waals surface area (Å²) < 4.78 is 0. The molecule has 1 aromatic carbocycles. The van der Waals surface area contributed by atoms with E-state index < -0.39 is 12.2 Å². The van der Waals surface area contributed by atoms with E-state index >= 15 is 0 Å². The number of hydrogen-bond acceptors (Lipinski definition) is 4. The van der Waals surface area contributed by atoms with Crippen molar-refractivity contribution in [1.29, 1.82) is 0 Å². The summed E-state index contributed by atoms with van der Waals surface area (Å²) in [5.41, 5.74) is 9.60. The third-order valence-corrected chi connectivity index (χ3v) is 3.79. The Balaban J connectivity index is 3.47. The molecule has 6 nitrogen and oxygen atoms in total. The van der Waals surface area contributed by atoms with E-state index in [1.807, 2.05) is 41.5 Å². The third-order valence-electron chi connectivity index (χ3n) is 3.79. The number of azide groups is 1. The minimum atomic E-state index is -1.20. The van der Waals surface area contributed by atoms with Gasteiger partial charge < -0.3 is 15.3 Å². The Morgan fingerprint density at radius 3 is 1.83 bits per heavy atom. The van der Waals surface area contributed by atoms with Crippen LogP contribution in [0.3, 0.4) is 0 Å². The highest BCUT2D eigenvalue weighted by molar-refractivity contribution is 5.50.